The van der Waals surface area contributed by atoms with Gasteiger partial charge in [-0.2, -0.15) is 0 Å². The van der Waals surface area contributed by atoms with E-state index in [0.29, 0.717) is 24.2 Å². The second-order valence-electron chi connectivity index (χ2n) is 4.27. The molecule has 2 aromatic rings. The first-order chi connectivity index (χ1) is 9.61. The van der Waals surface area contributed by atoms with Gasteiger partial charge in [0.15, 0.2) is 11.6 Å². The number of nitrogens with one attached hydrogen (secondary N) is 1. The maximum absolute atomic E-state index is 13.9. The van der Waals surface area contributed by atoms with Crippen LogP contribution in [-0.4, -0.2) is 7.11 Å². The molecule has 2 nitrogen and oxygen atoms in total. The summed E-state index contributed by atoms with van der Waals surface area (Å²) in [6.07, 6.45) is 0. The Hall–Kier alpha value is -1.46. The van der Waals surface area contributed by atoms with Crippen LogP contribution < -0.4 is 10.1 Å². The van der Waals surface area contributed by atoms with Crippen molar-refractivity contribution in [2.24, 2.45) is 0 Å². The van der Waals surface area contributed by atoms with Gasteiger partial charge in [-0.25, -0.2) is 8.78 Å². The predicted molar refractivity (Wildman–Crippen MR) is 77.6 cm³/mol. The van der Waals surface area contributed by atoms with Crippen LogP contribution in [0.5, 0.6) is 5.75 Å². The maximum Gasteiger partial charge on any atom is 0.169 e. The van der Waals surface area contributed by atoms with E-state index in [0.717, 1.165) is 4.47 Å². The Kier molecular flexibility index (Phi) is 5.09. The van der Waals surface area contributed by atoms with Gasteiger partial charge in [0.1, 0.15) is 5.82 Å². The van der Waals surface area contributed by atoms with Gasteiger partial charge in [0, 0.05) is 28.7 Å². The molecular weight excluding hydrogens is 328 g/mol. The number of halogens is 3. The lowest BCUT2D eigenvalue weighted by Gasteiger charge is -2.09. The van der Waals surface area contributed by atoms with Crippen molar-refractivity contribution in [3.05, 3.63) is 63.6 Å². The van der Waals surface area contributed by atoms with Crippen molar-refractivity contribution in [2.75, 3.05) is 7.11 Å². The van der Waals surface area contributed by atoms with E-state index in [2.05, 4.69) is 21.2 Å². The van der Waals surface area contributed by atoms with Crippen molar-refractivity contribution in [1.29, 1.82) is 0 Å². The van der Waals surface area contributed by atoms with Crippen molar-refractivity contribution >= 4 is 15.9 Å². The third-order valence-electron chi connectivity index (χ3n) is 2.90. The number of methoxy groups -OCH3 is 1. The van der Waals surface area contributed by atoms with Gasteiger partial charge in [-0.05, 0) is 24.3 Å². The highest BCUT2D eigenvalue weighted by atomic mass is 79.9. The van der Waals surface area contributed by atoms with Crippen molar-refractivity contribution in [3.63, 3.8) is 0 Å². The Labute approximate surface area is 124 Å². The molecule has 0 amide bonds. The Morgan fingerprint density at radius 1 is 1.10 bits per heavy atom. The zero-order valence-corrected chi connectivity index (χ0v) is 12.5. The maximum atomic E-state index is 13.9. The SMILES string of the molecule is COc1cccc(CNCc2cc(Br)ccc2F)c1F. The number of ether oxygens (including phenoxy) is 1. The fourth-order valence-electron chi connectivity index (χ4n) is 1.86. The largest absolute Gasteiger partial charge is 0.494 e. The van der Waals surface area contributed by atoms with Gasteiger partial charge in [-0.1, -0.05) is 28.1 Å². The summed E-state index contributed by atoms with van der Waals surface area (Å²) in [6, 6.07) is 9.69. The normalized spacial score (nSPS) is 10.6. The summed E-state index contributed by atoms with van der Waals surface area (Å²) in [5, 5.41) is 3.02. The number of hydrogen-bond acceptors (Lipinski definition) is 2. The Morgan fingerprint density at radius 3 is 2.60 bits per heavy atom. The number of benzene rings is 2. The smallest absolute Gasteiger partial charge is 0.169 e. The zero-order chi connectivity index (χ0) is 14.5. The summed E-state index contributed by atoms with van der Waals surface area (Å²) < 4.78 is 33.2. The first-order valence-electron chi connectivity index (χ1n) is 6.08. The number of rotatable bonds is 5. The third kappa shape index (κ3) is 3.55. The molecule has 20 heavy (non-hydrogen) atoms. The minimum atomic E-state index is -0.391. The van der Waals surface area contributed by atoms with Gasteiger partial charge in [0.05, 0.1) is 7.11 Å². The highest BCUT2D eigenvalue weighted by molar-refractivity contribution is 9.10. The minimum Gasteiger partial charge on any atom is -0.494 e. The Balaban J connectivity index is 2.01. The molecule has 0 saturated carbocycles. The van der Waals surface area contributed by atoms with Gasteiger partial charge in [0.25, 0.3) is 0 Å². The van der Waals surface area contributed by atoms with E-state index >= 15 is 0 Å². The summed E-state index contributed by atoms with van der Waals surface area (Å²) in [4.78, 5) is 0. The van der Waals surface area contributed by atoms with E-state index in [1.165, 1.54) is 13.2 Å². The molecule has 0 heterocycles. The average Bonchev–Trinajstić information content (AvgIpc) is 2.44. The summed E-state index contributed by atoms with van der Waals surface area (Å²) in [7, 11) is 1.42. The summed E-state index contributed by atoms with van der Waals surface area (Å²) in [5.41, 5.74) is 1.02. The number of hydrogen-bond donors (Lipinski definition) is 1. The van der Waals surface area contributed by atoms with Crippen molar-refractivity contribution in [3.8, 4) is 5.75 Å². The van der Waals surface area contributed by atoms with Crippen LogP contribution in [0.1, 0.15) is 11.1 Å². The van der Waals surface area contributed by atoms with Gasteiger partial charge in [-0.3, -0.25) is 0 Å². The standard InChI is InChI=1S/C15H14BrF2NO/c1-20-14-4-2-3-10(15(14)18)8-19-9-11-7-12(16)5-6-13(11)17/h2-7,19H,8-9H2,1H3. The Morgan fingerprint density at radius 2 is 1.85 bits per heavy atom. The lowest BCUT2D eigenvalue weighted by Crippen LogP contribution is -2.15. The van der Waals surface area contributed by atoms with E-state index in [1.807, 2.05) is 0 Å². The van der Waals surface area contributed by atoms with Gasteiger partial charge >= 0.3 is 0 Å². The molecule has 0 aromatic heterocycles. The van der Waals surface area contributed by atoms with Crippen LogP contribution in [0.4, 0.5) is 8.78 Å². The fourth-order valence-corrected chi connectivity index (χ4v) is 2.27. The molecule has 0 radical (unpaired) electrons. The molecule has 0 bridgehead atoms. The molecular formula is C15H14BrF2NO. The quantitative estimate of drug-likeness (QED) is 0.886. The Bertz CT molecular complexity index is 604. The molecule has 5 heteroatoms. The fraction of sp³-hybridized carbons (Fsp3) is 0.200. The molecule has 0 fully saturated rings. The first kappa shape index (κ1) is 14.9. The second-order valence-corrected chi connectivity index (χ2v) is 5.19. The molecule has 0 atom stereocenters. The third-order valence-corrected chi connectivity index (χ3v) is 3.40. The second kappa shape index (κ2) is 6.81. The van der Waals surface area contributed by atoms with Gasteiger partial charge in [-0.15, -0.1) is 0 Å². The van der Waals surface area contributed by atoms with Crippen LogP contribution >= 0.6 is 15.9 Å². The predicted octanol–water partition coefficient (Wildman–Crippen LogP) is 4.03. The van der Waals surface area contributed by atoms with Crippen LogP contribution in [0, 0.1) is 11.6 Å². The molecule has 2 rings (SSSR count). The van der Waals surface area contributed by atoms with Crippen LogP contribution in [0.25, 0.3) is 0 Å². The molecule has 2 aromatic carbocycles. The van der Waals surface area contributed by atoms with E-state index < -0.39 is 5.82 Å². The highest BCUT2D eigenvalue weighted by Crippen LogP contribution is 2.20. The lowest BCUT2D eigenvalue weighted by atomic mass is 10.1. The molecule has 0 unspecified atom stereocenters. The molecule has 106 valence electrons. The highest BCUT2D eigenvalue weighted by Gasteiger charge is 2.08. The van der Waals surface area contributed by atoms with Gasteiger partial charge < -0.3 is 10.1 Å². The first-order valence-corrected chi connectivity index (χ1v) is 6.87. The van der Waals surface area contributed by atoms with Crippen LogP contribution in [-0.2, 0) is 13.1 Å². The van der Waals surface area contributed by atoms with E-state index in [-0.39, 0.29) is 11.6 Å². The summed E-state index contributed by atoms with van der Waals surface area (Å²) >= 11 is 3.29. The molecule has 0 aliphatic heterocycles. The van der Waals surface area contributed by atoms with Crippen LogP contribution in [0.15, 0.2) is 40.9 Å². The van der Waals surface area contributed by atoms with E-state index in [1.54, 1.807) is 30.3 Å². The monoisotopic (exact) mass is 341 g/mol. The van der Waals surface area contributed by atoms with Crippen LogP contribution in [0.2, 0.25) is 0 Å². The van der Waals surface area contributed by atoms with Crippen LogP contribution in [0.3, 0.4) is 0 Å². The van der Waals surface area contributed by atoms with Crippen molar-refractivity contribution in [2.45, 2.75) is 13.1 Å². The van der Waals surface area contributed by atoms with Crippen molar-refractivity contribution < 1.29 is 13.5 Å². The van der Waals surface area contributed by atoms with E-state index in [4.69, 9.17) is 4.74 Å². The molecule has 0 spiro atoms. The molecule has 0 saturated heterocycles. The minimum absolute atomic E-state index is 0.206. The summed E-state index contributed by atoms with van der Waals surface area (Å²) in [6.45, 7) is 0.622. The van der Waals surface area contributed by atoms with Crippen molar-refractivity contribution in [1.82, 2.24) is 5.32 Å². The molecule has 1 N–H and O–H groups in total. The van der Waals surface area contributed by atoms with Gasteiger partial charge in [0.2, 0.25) is 0 Å². The summed E-state index contributed by atoms with van der Waals surface area (Å²) in [5.74, 6) is -0.470. The molecule has 0 aliphatic carbocycles. The lowest BCUT2D eigenvalue weighted by molar-refractivity contribution is 0.383. The average molecular weight is 342 g/mol. The molecule has 0 aliphatic rings. The zero-order valence-electron chi connectivity index (χ0n) is 10.9. The topological polar surface area (TPSA) is 21.3 Å². The van der Waals surface area contributed by atoms with E-state index in [9.17, 15) is 8.78 Å².